The normalized spacial score (nSPS) is 11.4. The number of nitrogens with one attached hydrogen (secondary N) is 1. The summed E-state index contributed by atoms with van der Waals surface area (Å²) in [5.74, 6) is 0.195. The Hall–Kier alpha value is -2.11. The topological polar surface area (TPSA) is 37.8 Å². The zero-order chi connectivity index (χ0) is 13.9. The van der Waals surface area contributed by atoms with Crippen molar-refractivity contribution in [1.82, 2.24) is 9.97 Å². The molecule has 2 aromatic heterocycles. The molecule has 0 spiro atoms. The Morgan fingerprint density at radius 3 is 2.53 bits per heavy atom. The molecular weight excluding hydrogens is 255 g/mol. The molecule has 0 aromatic carbocycles. The third-order valence-corrected chi connectivity index (χ3v) is 2.55. The van der Waals surface area contributed by atoms with Crippen molar-refractivity contribution in [1.29, 1.82) is 0 Å². The van der Waals surface area contributed by atoms with Crippen LogP contribution in [0.4, 0.5) is 19.0 Å². The predicted molar refractivity (Wildman–Crippen MR) is 65.8 cm³/mol. The molecular formula is C13H12F3N3. The first-order valence-corrected chi connectivity index (χ1v) is 5.65. The maximum absolute atomic E-state index is 12.8. The maximum atomic E-state index is 12.8. The maximum Gasteiger partial charge on any atom is 0.416 e. The third-order valence-electron chi connectivity index (χ3n) is 2.55. The molecule has 0 aliphatic heterocycles. The molecule has 1 N–H and O–H groups in total. The summed E-state index contributed by atoms with van der Waals surface area (Å²) in [7, 11) is 1.53. The minimum atomic E-state index is -4.38. The van der Waals surface area contributed by atoms with E-state index in [0.717, 1.165) is 12.1 Å². The molecule has 0 saturated carbocycles. The zero-order valence-corrected chi connectivity index (χ0v) is 10.2. The van der Waals surface area contributed by atoms with Gasteiger partial charge >= 0.3 is 6.18 Å². The summed E-state index contributed by atoms with van der Waals surface area (Å²) in [6.07, 6.45) is -2.52. The molecule has 2 rings (SSSR count). The monoisotopic (exact) mass is 267 g/mol. The Morgan fingerprint density at radius 1 is 1.16 bits per heavy atom. The molecule has 0 bridgehead atoms. The van der Waals surface area contributed by atoms with E-state index in [1.54, 1.807) is 24.4 Å². The van der Waals surface area contributed by atoms with Crippen molar-refractivity contribution in [2.24, 2.45) is 0 Å². The van der Waals surface area contributed by atoms with Crippen LogP contribution in [-0.4, -0.2) is 17.0 Å². The number of anilines is 1. The Morgan fingerprint density at radius 2 is 1.95 bits per heavy atom. The van der Waals surface area contributed by atoms with Gasteiger partial charge in [-0.2, -0.15) is 13.2 Å². The van der Waals surface area contributed by atoms with Crippen molar-refractivity contribution in [3.63, 3.8) is 0 Å². The van der Waals surface area contributed by atoms with Crippen LogP contribution in [-0.2, 0) is 12.6 Å². The lowest BCUT2D eigenvalue weighted by Crippen LogP contribution is -2.09. The molecule has 2 heterocycles. The summed E-state index contributed by atoms with van der Waals surface area (Å²) < 4.78 is 38.3. The van der Waals surface area contributed by atoms with Gasteiger partial charge in [0.15, 0.2) is 0 Å². The van der Waals surface area contributed by atoms with Crippen LogP contribution in [0.2, 0.25) is 0 Å². The van der Waals surface area contributed by atoms with Crippen molar-refractivity contribution < 1.29 is 13.2 Å². The van der Waals surface area contributed by atoms with Crippen LogP contribution in [0, 0.1) is 0 Å². The van der Waals surface area contributed by atoms with Gasteiger partial charge in [-0.15, -0.1) is 0 Å². The highest BCUT2D eigenvalue weighted by Gasteiger charge is 2.31. The van der Waals surface area contributed by atoms with E-state index in [9.17, 15) is 13.2 Å². The number of alkyl halides is 3. The summed E-state index contributed by atoms with van der Waals surface area (Å²) in [6.45, 7) is 0. The predicted octanol–water partition coefficient (Wildman–Crippen LogP) is 3.13. The molecule has 0 radical (unpaired) electrons. The lowest BCUT2D eigenvalue weighted by Gasteiger charge is -2.11. The highest BCUT2D eigenvalue weighted by molar-refractivity contribution is 5.40. The van der Waals surface area contributed by atoms with Gasteiger partial charge < -0.3 is 5.32 Å². The molecule has 0 aliphatic carbocycles. The van der Waals surface area contributed by atoms with E-state index in [-0.39, 0.29) is 12.2 Å². The molecule has 6 heteroatoms. The van der Waals surface area contributed by atoms with E-state index in [4.69, 9.17) is 0 Å². The minimum absolute atomic E-state index is 0.195. The van der Waals surface area contributed by atoms with E-state index < -0.39 is 11.7 Å². The molecule has 0 fully saturated rings. The van der Waals surface area contributed by atoms with Crippen molar-refractivity contribution >= 4 is 5.82 Å². The fourth-order valence-electron chi connectivity index (χ4n) is 1.66. The second-order valence-electron chi connectivity index (χ2n) is 3.98. The van der Waals surface area contributed by atoms with Crippen molar-refractivity contribution in [2.75, 3.05) is 12.4 Å². The van der Waals surface area contributed by atoms with Crippen LogP contribution in [0.5, 0.6) is 0 Å². The largest absolute Gasteiger partial charge is 0.416 e. The molecule has 0 atom stereocenters. The van der Waals surface area contributed by atoms with E-state index in [1.807, 2.05) is 0 Å². The van der Waals surface area contributed by atoms with Crippen molar-refractivity contribution in [3.8, 4) is 0 Å². The average molecular weight is 267 g/mol. The molecule has 0 saturated heterocycles. The molecule has 19 heavy (non-hydrogen) atoms. The summed E-state index contributed by atoms with van der Waals surface area (Å²) in [6, 6.07) is 7.33. The lowest BCUT2D eigenvalue weighted by molar-refractivity contribution is -0.137. The number of hydrogen-bond donors (Lipinski definition) is 1. The van der Waals surface area contributed by atoms with Gasteiger partial charge in [-0.05, 0) is 24.3 Å². The van der Waals surface area contributed by atoms with Gasteiger partial charge in [0.05, 0.1) is 5.56 Å². The lowest BCUT2D eigenvalue weighted by atomic mass is 10.1. The van der Waals surface area contributed by atoms with Crippen LogP contribution < -0.4 is 5.32 Å². The molecule has 0 aliphatic rings. The Bertz CT molecular complexity index is 553. The highest BCUT2D eigenvalue weighted by atomic mass is 19.4. The van der Waals surface area contributed by atoms with Crippen LogP contribution in [0.3, 0.4) is 0 Å². The van der Waals surface area contributed by atoms with E-state index in [0.29, 0.717) is 11.4 Å². The first kappa shape index (κ1) is 13.3. The molecule has 0 unspecified atom stereocenters. The number of aromatic nitrogens is 2. The van der Waals surface area contributed by atoms with Gasteiger partial charge in [-0.3, -0.25) is 4.98 Å². The van der Waals surface area contributed by atoms with Crippen LogP contribution in [0.25, 0.3) is 0 Å². The van der Waals surface area contributed by atoms with Crippen molar-refractivity contribution in [2.45, 2.75) is 12.6 Å². The average Bonchev–Trinajstić information content (AvgIpc) is 2.38. The Labute approximate surface area is 108 Å². The molecule has 3 nitrogen and oxygen atoms in total. The zero-order valence-electron chi connectivity index (χ0n) is 10.2. The SMILES string of the molecule is CNc1cc(C(F)(F)F)cc(Cc2ccccn2)n1. The molecule has 2 aromatic rings. The van der Waals surface area contributed by atoms with Crippen LogP contribution in [0.1, 0.15) is 17.0 Å². The highest BCUT2D eigenvalue weighted by Crippen LogP contribution is 2.31. The van der Waals surface area contributed by atoms with Gasteiger partial charge in [0, 0.05) is 31.1 Å². The number of halogens is 3. The van der Waals surface area contributed by atoms with Gasteiger partial charge in [-0.1, -0.05) is 6.07 Å². The third kappa shape index (κ3) is 3.43. The smallest absolute Gasteiger partial charge is 0.373 e. The first-order valence-electron chi connectivity index (χ1n) is 5.65. The summed E-state index contributed by atoms with van der Waals surface area (Å²) in [4.78, 5) is 8.19. The Kier molecular flexibility index (Phi) is 3.69. The van der Waals surface area contributed by atoms with E-state index >= 15 is 0 Å². The minimum Gasteiger partial charge on any atom is -0.373 e. The summed E-state index contributed by atoms with van der Waals surface area (Å²) >= 11 is 0. The quantitative estimate of drug-likeness (QED) is 0.928. The summed E-state index contributed by atoms with van der Waals surface area (Å²) in [5.41, 5.74) is 0.298. The van der Waals surface area contributed by atoms with Gasteiger partial charge in [0.1, 0.15) is 5.82 Å². The Balaban J connectivity index is 2.35. The second-order valence-corrected chi connectivity index (χ2v) is 3.98. The van der Waals surface area contributed by atoms with Crippen molar-refractivity contribution in [3.05, 3.63) is 53.5 Å². The fourth-order valence-corrected chi connectivity index (χ4v) is 1.66. The number of pyridine rings is 2. The van der Waals surface area contributed by atoms with Crippen LogP contribution >= 0.6 is 0 Å². The standard InChI is InChI=1S/C13H12F3N3/c1-17-12-7-9(13(14,15)16)6-11(19-12)8-10-4-2-3-5-18-10/h2-7H,8H2,1H3,(H,17,19). The molecule has 100 valence electrons. The number of rotatable bonds is 3. The van der Waals surface area contributed by atoms with E-state index in [1.165, 1.54) is 7.05 Å². The van der Waals surface area contributed by atoms with E-state index in [2.05, 4.69) is 15.3 Å². The van der Waals surface area contributed by atoms with Gasteiger partial charge in [0.25, 0.3) is 0 Å². The molecule has 0 amide bonds. The number of nitrogens with zero attached hydrogens (tertiary/aromatic N) is 2. The first-order chi connectivity index (χ1) is 8.99. The number of hydrogen-bond acceptors (Lipinski definition) is 3. The fraction of sp³-hybridized carbons (Fsp3) is 0.231. The van der Waals surface area contributed by atoms with Gasteiger partial charge in [0.2, 0.25) is 0 Å². The summed E-state index contributed by atoms with van der Waals surface area (Å²) in [5, 5.41) is 2.63. The second kappa shape index (κ2) is 5.26. The van der Waals surface area contributed by atoms with Crippen LogP contribution in [0.15, 0.2) is 36.5 Å². The van der Waals surface area contributed by atoms with Gasteiger partial charge in [-0.25, -0.2) is 4.98 Å².